The lowest BCUT2D eigenvalue weighted by Gasteiger charge is -2.10. The summed E-state index contributed by atoms with van der Waals surface area (Å²) in [5.74, 6) is 0. The Morgan fingerprint density at radius 1 is 1.00 bits per heavy atom. The topological polar surface area (TPSA) is 29.5 Å². The maximum absolute atomic E-state index is 10.0. The summed E-state index contributed by atoms with van der Waals surface area (Å²) in [7, 11) is 0. The molecule has 2 atom stereocenters. The number of aliphatic hydroxyl groups excluding tert-OH is 1. The molecule has 0 heterocycles. The third kappa shape index (κ3) is 5.54. The van der Waals surface area contributed by atoms with E-state index in [1.165, 1.54) is 5.56 Å². The maximum Gasteiger partial charge on any atom is 0.0824 e. The van der Waals surface area contributed by atoms with Crippen molar-refractivity contribution in [3.63, 3.8) is 0 Å². The van der Waals surface area contributed by atoms with Crippen LogP contribution in [-0.4, -0.2) is 11.2 Å². The SMILES string of the molecule is C[C@@H](/C=C\C[C@@H](O)c1ccccc1)OCc1ccccc1. The number of ether oxygens (including phenoxy) is 1. The van der Waals surface area contributed by atoms with Gasteiger partial charge in [-0.1, -0.05) is 72.8 Å². The van der Waals surface area contributed by atoms with Crippen LogP contribution in [0.15, 0.2) is 72.8 Å². The van der Waals surface area contributed by atoms with Gasteiger partial charge in [0.25, 0.3) is 0 Å². The summed E-state index contributed by atoms with van der Waals surface area (Å²) < 4.78 is 5.75. The van der Waals surface area contributed by atoms with Crippen LogP contribution in [0.3, 0.4) is 0 Å². The van der Waals surface area contributed by atoms with Crippen molar-refractivity contribution in [2.45, 2.75) is 32.2 Å². The summed E-state index contributed by atoms with van der Waals surface area (Å²) in [4.78, 5) is 0. The minimum atomic E-state index is -0.455. The zero-order valence-electron chi connectivity index (χ0n) is 12.4. The lowest BCUT2D eigenvalue weighted by atomic mass is 10.1. The third-order valence-electron chi connectivity index (χ3n) is 3.31. The molecule has 0 radical (unpaired) electrons. The first-order valence-electron chi connectivity index (χ1n) is 7.31. The van der Waals surface area contributed by atoms with Gasteiger partial charge in [-0.2, -0.15) is 0 Å². The minimum absolute atomic E-state index is 0.0354. The first-order chi connectivity index (χ1) is 10.3. The number of hydrogen-bond acceptors (Lipinski definition) is 2. The standard InChI is InChI=1S/C19H22O2/c1-16(21-15-17-10-4-2-5-11-17)9-8-14-19(20)18-12-6-3-7-13-18/h2-13,16,19-20H,14-15H2,1H3/b9-8-/t16-,19+/m0/s1. The Hall–Kier alpha value is -1.90. The molecule has 2 nitrogen and oxygen atoms in total. The molecule has 0 aliphatic carbocycles. The van der Waals surface area contributed by atoms with E-state index < -0.39 is 6.10 Å². The second kappa shape index (κ2) is 8.40. The largest absolute Gasteiger partial charge is 0.388 e. The Bertz CT molecular complexity index is 534. The van der Waals surface area contributed by atoms with Gasteiger partial charge in [0.05, 0.1) is 18.8 Å². The Labute approximate surface area is 126 Å². The van der Waals surface area contributed by atoms with Crippen LogP contribution < -0.4 is 0 Å². The molecule has 2 rings (SSSR count). The molecule has 0 unspecified atom stereocenters. The molecule has 1 N–H and O–H groups in total. The van der Waals surface area contributed by atoms with Gasteiger partial charge in [0, 0.05) is 0 Å². The van der Waals surface area contributed by atoms with Gasteiger partial charge >= 0.3 is 0 Å². The first kappa shape index (κ1) is 15.5. The van der Waals surface area contributed by atoms with Gasteiger partial charge < -0.3 is 9.84 Å². The molecule has 0 aromatic heterocycles. The average molecular weight is 282 g/mol. The van der Waals surface area contributed by atoms with Crippen LogP contribution in [0.1, 0.15) is 30.6 Å². The van der Waals surface area contributed by atoms with Crippen LogP contribution in [-0.2, 0) is 11.3 Å². The smallest absolute Gasteiger partial charge is 0.0824 e. The summed E-state index contributed by atoms with van der Waals surface area (Å²) in [6.45, 7) is 2.61. The maximum atomic E-state index is 10.0. The lowest BCUT2D eigenvalue weighted by molar-refractivity contribution is 0.0836. The van der Waals surface area contributed by atoms with E-state index in [0.29, 0.717) is 13.0 Å². The van der Waals surface area contributed by atoms with Crippen molar-refractivity contribution >= 4 is 0 Å². The molecule has 0 saturated heterocycles. The van der Waals surface area contributed by atoms with Crippen LogP contribution in [0, 0.1) is 0 Å². The summed E-state index contributed by atoms with van der Waals surface area (Å²) in [6.07, 6.45) is 4.16. The van der Waals surface area contributed by atoms with Crippen molar-refractivity contribution in [3.8, 4) is 0 Å². The zero-order valence-corrected chi connectivity index (χ0v) is 12.4. The van der Waals surface area contributed by atoms with E-state index in [-0.39, 0.29) is 6.10 Å². The quantitative estimate of drug-likeness (QED) is 0.768. The number of aliphatic hydroxyl groups is 1. The van der Waals surface area contributed by atoms with E-state index in [0.717, 1.165) is 5.56 Å². The molecular formula is C19H22O2. The number of benzene rings is 2. The van der Waals surface area contributed by atoms with Crippen LogP contribution in [0.4, 0.5) is 0 Å². The van der Waals surface area contributed by atoms with Gasteiger partial charge in [0.15, 0.2) is 0 Å². The van der Waals surface area contributed by atoms with Crippen molar-refractivity contribution < 1.29 is 9.84 Å². The summed E-state index contributed by atoms with van der Waals surface area (Å²) in [5, 5.41) is 10.0. The summed E-state index contributed by atoms with van der Waals surface area (Å²) in [5.41, 5.74) is 2.11. The van der Waals surface area contributed by atoms with Crippen molar-refractivity contribution in [1.82, 2.24) is 0 Å². The molecule has 0 bridgehead atoms. The van der Waals surface area contributed by atoms with Crippen LogP contribution >= 0.6 is 0 Å². The predicted octanol–water partition coefficient (Wildman–Crippen LogP) is 4.27. The highest BCUT2D eigenvalue weighted by atomic mass is 16.5. The van der Waals surface area contributed by atoms with Crippen molar-refractivity contribution in [1.29, 1.82) is 0 Å². The molecule has 2 aromatic rings. The molecular weight excluding hydrogens is 260 g/mol. The monoisotopic (exact) mass is 282 g/mol. The van der Waals surface area contributed by atoms with Gasteiger partial charge in [-0.25, -0.2) is 0 Å². The molecule has 0 spiro atoms. The van der Waals surface area contributed by atoms with Crippen LogP contribution in [0.2, 0.25) is 0 Å². The van der Waals surface area contributed by atoms with E-state index in [1.54, 1.807) is 0 Å². The minimum Gasteiger partial charge on any atom is -0.388 e. The molecule has 0 aliphatic rings. The second-order valence-electron chi connectivity index (χ2n) is 5.09. The molecule has 0 amide bonds. The van der Waals surface area contributed by atoms with E-state index >= 15 is 0 Å². The Morgan fingerprint density at radius 3 is 2.29 bits per heavy atom. The van der Waals surface area contributed by atoms with E-state index in [1.807, 2.05) is 67.6 Å². The normalized spacial score (nSPS) is 14.2. The van der Waals surface area contributed by atoms with Gasteiger partial charge in [-0.05, 0) is 24.5 Å². The molecule has 2 aromatic carbocycles. The van der Waals surface area contributed by atoms with Crippen molar-refractivity contribution in [2.24, 2.45) is 0 Å². The van der Waals surface area contributed by atoms with Gasteiger partial charge in [-0.15, -0.1) is 0 Å². The van der Waals surface area contributed by atoms with Gasteiger partial charge in [0.2, 0.25) is 0 Å². The average Bonchev–Trinajstić information content (AvgIpc) is 2.54. The predicted molar refractivity (Wildman–Crippen MR) is 85.9 cm³/mol. The molecule has 0 fully saturated rings. The van der Waals surface area contributed by atoms with E-state index in [2.05, 4.69) is 12.1 Å². The van der Waals surface area contributed by atoms with Crippen molar-refractivity contribution in [2.75, 3.05) is 0 Å². The second-order valence-corrected chi connectivity index (χ2v) is 5.09. The molecule has 2 heteroatoms. The molecule has 21 heavy (non-hydrogen) atoms. The molecule has 110 valence electrons. The number of rotatable bonds is 7. The van der Waals surface area contributed by atoms with Gasteiger partial charge in [0.1, 0.15) is 0 Å². The highest BCUT2D eigenvalue weighted by Crippen LogP contribution is 2.16. The van der Waals surface area contributed by atoms with E-state index in [4.69, 9.17) is 4.74 Å². The lowest BCUT2D eigenvalue weighted by Crippen LogP contribution is -2.04. The highest BCUT2D eigenvalue weighted by Gasteiger charge is 2.04. The summed E-state index contributed by atoms with van der Waals surface area (Å²) in [6, 6.07) is 19.8. The molecule has 0 aliphatic heterocycles. The fourth-order valence-corrected chi connectivity index (χ4v) is 2.07. The first-order valence-corrected chi connectivity index (χ1v) is 7.31. The van der Waals surface area contributed by atoms with E-state index in [9.17, 15) is 5.11 Å². The number of hydrogen-bond donors (Lipinski definition) is 1. The zero-order chi connectivity index (χ0) is 14.9. The fourth-order valence-electron chi connectivity index (χ4n) is 2.07. The Morgan fingerprint density at radius 2 is 1.62 bits per heavy atom. The van der Waals surface area contributed by atoms with Crippen LogP contribution in [0.25, 0.3) is 0 Å². The fraction of sp³-hybridized carbons (Fsp3) is 0.263. The third-order valence-corrected chi connectivity index (χ3v) is 3.31. The Balaban J connectivity index is 1.73. The van der Waals surface area contributed by atoms with Gasteiger partial charge in [-0.3, -0.25) is 0 Å². The summed E-state index contributed by atoms with van der Waals surface area (Å²) >= 11 is 0. The van der Waals surface area contributed by atoms with Crippen molar-refractivity contribution in [3.05, 3.63) is 83.9 Å². The van der Waals surface area contributed by atoms with Crippen LogP contribution in [0.5, 0.6) is 0 Å². The molecule has 0 saturated carbocycles. The highest BCUT2D eigenvalue weighted by molar-refractivity contribution is 5.18. The Kier molecular flexibility index (Phi) is 6.20.